The summed E-state index contributed by atoms with van der Waals surface area (Å²) in [6.45, 7) is 4.51. The average Bonchev–Trinajstić information content (AvgIpc) is 2.89. The molecular formula is C34H48O. The fraction of sp³-hybridized carbons (Fsp3) is 0.529. The zero-order valence-corrected chi connectivity index (χ0v) is 22.4. The summed E-state index contributed by atoms with van der Waals surface area (Å²) in [4.78, 5) is 0. The lowest BCUT2D eigenvalue weighted by Crippen LogP contribution is -2.05. The molecule has 190 valence electrons. The summed E-state index contributed by atoms with van der Waals surface area (Å²) in [5, 5.41) is 18.0. The van der Waals surface area contributed by atoms with E-state index in [1.165, 1.54) is 116 Å². The zero-order chi connectivity index (χ0) is 24.7. The maximum atomic E-state index is 9.88. The number of aliphatic hydroxyl groups is 1. The van der Waals surface area contributed by atoms with Gasteiger partial charge >= 0.3 is 0 Å². The van der Waals surface area contributed by atoms with E-state index in [1.54, 1.807) is 0 Å². The van der Waals surface area contributed by atoms with E-state index in [-0.39, 0.29) is 6.10 Å². The van der Waals surface area contributed by atoms with Crippen molar-refractivity contribution >= 4 is 32.3 Å². The number of hydrogen-bond acceptors (Lipinski definition) is 1. The molecule has 1 nitrogen and oxygen atoms in total. The Labute approximate surface area is 214 Å². The molecule has 1 N–H and O–H groups in total. The van der Waals surface area contributed by atoms with Crippen molar-refractivity contribution in [1.29, 1.82) is 0 Å². The number of rotatable bonds is 15. The van der Waals surface area contributed by atoms with Crippen LogP contribution in [0.25, 0.3) is 32.3 Å². The molecule has 1 unspecified atom stereocenters. The topological polar surface area (TPSA) is 20.2 Å². The van der Waals surface area contributed by atoms with E-state index in [2.05, 4.69) is 74.5 Å². The van der Waals surface area contributed by atoms with E-state index in [9.17, 15) is 5.11 Å². The Kier molecular flexibility index (Phi) is 12.4. The van der Waals surface area contributed by atoms with E-state index in [0.717, 1.165) is 12.8 Å². The van der Waals surface area contributed by atoms with Crippen LogP contribution in [-0.2, 0) is 0 Å². The summed E-state index contributed by atoms with van der Waals surface area (Å²) in [5.74, 6) is 0. The van der Waals surface area contributed by atoms with Crippen LogP contribution in [0, 0.1) is 0 Å². The monoisotopic (exact) mass is 472 g/mol. The lowest BCUT2D eigenvalue weighted by molar-refractivity contribution is 0.147. The van der Waals surface area contributed by atoms with Gasteiger partial charge in [-0.25, -0.2) is 0 Å². The van der Waals surface area contributed by atoms with Crippen molar-refractivity contribution in [2.24, 2.45) is 0 Å². The molecular weight excluding hydrogens is 424 g/mol. The molecule has 0 fully saturated rings. The predicted molar refractivity (Wildman–Crippen MR) is 157 cm³/mol. The minimum Gasteiger partial charge on any atom is -0.393 e. The van der Waals surface area contributed by atoms with Gasteiger partial charge in [0.25, 0.3) is 0 Å². The average molecular weight is 473 g/mol. The van der Waals surface area contributed by atoms with Gasteiger partial charge in [-0.1, -0.05) is 158 Å². The van der Waals surface area contributed by atoms with Gasteiger partial charge in [-0.15, -0.1) is 0 Å². The Morgan fingerprint density at radius 3 is 1.11 bits per heavy atom. The van der Waals surface area contributed by atoms with Crippen LogP contribution in [0.2, 0.25) is 0 Å². The second-order valence-electron chi connectivity index (χ2n) is 10.4. The fourth-order valence-corrected chi connectivity index (χ4v) is 5.31. The molecule has 0 aliphatic heterocycles. The number of benzene rings is 4. The van der Waals surface area contributed by atoms with E-state index in [1.807, 2.05) is 0 Å². The number of hydrogen-bond donors (Lipinski definition) is 1. The number of aliphatic hydroxyl groups excluding tert-OH is 1. The van der Waals surface area contributed by atoms with Gasteiger partial charge < -0.3 is 5.11 Å². The summed E-state index contributed by atoms with van der Waals surface area (Å²) in [7, 11) is 0. The molecule has 1 heteroatoms. The first kappa shape index (κ1) is 27.5. The minimum atomic E-state index is -0.0262. The molecule has 0 spiro atoms. The van der Waals surface area contributed by atoms with Crippen molar-refractivity contribution in [1.82, 2.24) is 0 Å². The normalized spacial score (nSPS) is 12.3. The first-order chi connectivity index (χ1) is 17.2. The van der Waals surface area contributed by atoms with Crippen molar-refractivity contribution < 1.29 is 5.11 Å². The van der Waals surface area contributed by atoms with Gasteiger partial charge in [0.15, 0.2) is 0 Å². The van der Waals surface area contributed by atoms with Gasteiger partial charge in [0.1, 0.15) is 0 Å². The van der Waals surface area contributed by atoms with Crippen molar-refractivity contribution in [3.8, 4) is 0 Å². The fourth-order valence-electron chi connectivity index (χ4n) is 5.31. The van der Waals surface area contributed by atoms with Gasteiger partial charge in [-0.3, -0.25) is 0 Å². The Morgan fingerprint density at radius 1 is 0.457 bits per heavy atom. The molecule has 0 amide bonds. The van der Waals surface area contributed by atoms with Crippen molar-refractivity contribution in [2.75, 3.05) is 0 Å². The maximum Gasteiger partial charge on any atom is 0.0540 e. The zero-order valence-electron chi connectivity index (χ0n) is 22.4. The SMILES string of the molecule is CCCCCCCCCCC(O)CCCCCCC.c1cc2ccc3cccc4ccc(c1)c2c34. The van der Waals surface area contributed by atoms with Gasteiger partial charge in [-0.2, -0.15) is 0 Å². The highest BCUT2D eigenvalue weighted by Gasteiger charge is 2.06. The smallest absolute Gasteiger partial charge is 0.0540 e. The van der Waals surface area contributed by atoms with Crippen molar-refractivity contribution in [2.45, 2.75) is 116 Å². The molecule has 1 atom stereocenters. The largest absolute Gasteiger partial charge is 0.393 e. The predicted octanol–water partition coefficient (Wildman–Crippen LogP) is 10.8. The van der Waals surface area contributed by atoms with Crippen molar-refractivity contribution in [3.63, 3.8) is 0 Å². The summed E-state index contributed by atoms with van der Waals surface area (Å²) in [5.41, 5.74) is 0. The van der Waals surface area contributed by atoms with Gasteiger partial charge in [-0.05, 0) is 45.2 Å². The van der Waals surface area contributed by atoms with E-state index >= 15 is 0 Å². The maximum absolute atomic E-state index is 9.88. The molecule has 0 aliphatic carbocycles. The van der Waals surface area contributed by atoms with E-state index in [4.69, 9.17) is 0 Å². The lowest BCUT2D eigenvalue weighted by Gasteiger charge is -2.10. The first-order valence-electron chi connectivity index (χ1n) is 14.5. The van der Waals surface area contributed by atoms with Crippen LogP contribution in [0.4, 0.5) is 0 Å². The summed E-state index contributed by atoms with van der Waals surface area (Å²) in [6, 6.07) is 21.9. The van der Waals surface area contributed by atoms with Gasteiger partial charge in [0.05, 0.1) is 6.10 Å². The van der Waals surface area contributed by atoms with Crippen LogP contribution in [0.15, 0.2) is 60.7 Å². The molecule has 0 saturated carbocycles. The molecule has 35 heavy (non-hydrogen) atoms. The second kappa shape index (κ2) is 15.8. The Bertz CT molecular complexity index is 952. The van der Waals surface area contributed by atoms with Crippen LogP contribution in [0.5, 0.6) is 0 Å². The first-order valence-corrected chi connectivity index (χ1v) is 14.5. The second-order valence-corrected chi connectivity index (χ2v) is 10.4. The Morgan fingerprint density at radius 2 is 0.771 bits per heavy atom. The molecule has 4 rings (SSSR count). The third-order valence-corrected chi connectivity index (χ3v) is 7.42. The standard InChI is InChI=1S/C18H38O.C16H10/c1-3-5-7-9-10-11-13-15-17-18(19)16-14-12-8-6-4-2;1-3-11-7-9-13-5-2-6-14-10-8-12(4-1)15(11)16(13)14/h18-19H,3-17H2,1-2H3;1-10H. The highest BCUT2D eigenvalue weighted by molar-refractivity contribution is 6.22. The third kappa shape index (κ3) is 8.80. The molecule has 0 bridgehead atoms. The molecule has 0 radical (unpaired) electrons. The lowest BCUT2D eigenvalue weighted by atomic mass is 9.95. The summed E-state index contributed by atoms with van der Waals surface area (Å²) in [6.07, 6.45) is 19.4. The highest BCUT2D eigenvalue weighted by atomic mass is 16.3. The van der Waals surface area contributed by atoms with E-state index in [0.29, 0.717) is 0 Å². The van der Waals surface area contributed by atoms with Crippen LogP contribution in [0.1, 0.15) is 110 Å². The molecule has 0 aromatic heterocycles. The Balaban J connectivity index is 0.000000197. The molecule has 4 aromatic rings. The molecule has 0 heterocycles. The van der Waals surface area contributed by atoms with Crippen LogP contribution in [-0.4, -0.2) is 11.2 Å². The van der Waals surface area contributed by atoms with Crippen LogP contribution >= 0.6 is 0 Å². The van der Waals surface area contributed by atoms with Gasteiger partial charge in [0, 0.05) is 0 Å². The van der Waals surface area contributed by atoms with Crippen LogP contribution < -0.4 is 0 Å². The molecule has 4 aromatic carbocycles. The highest BCUT2D eigenvalue weighted by Crippen LogP contribution is 2.33. The summed E-state index contributed by atoms with van der Waals surface area (Å²) < 4.78 is 0. The van der Waals surface area contributed by atoms with Gasteiger partial charge in [0.2, 0.25) is 0 Å². The van der Waals surface area contributed by atoms with E-state index < -0.39 is 0 Å². The molecule has 0 aliphatic rings. The van der Waals surface area contributed by atoms with Crippen molar-refractivity contribution in [3.05, 3.63) is 60.7 Å². The Hall–Kier alpha value is -2.12. The van der Waals surface area contributed by atoms with Crippen LogP contribution in [0.3, 0.4) is 0 Å². The number of unbranched alkanes of at least 4 members (excludes halogenated alkanes) is 11. The third-order valence-electron chi connectivity index (χ3n) is 7.42. The quantitative estimate of drug-likeness (QED) is 0.135. The minimum absolute atomic E-state index is 0.0262. The molecule has 0 saturated heterocycles. The summed E-state index contributed by atoms with van der Waals surface area (Å²) >= 11 is 0.